The normalized spacial score (nSPS) is 27.8. The highest BCUT2D eigenvalue weighted by molar-refractivity contribution is 5.74. The number of hydrogen-bond donors (Lipinski definition) is 2. The van der Waals surface area contributed by atoms with Crippen molar-refractivity contribution in [1.29, 1.82) is 5.26 Å². The molecule has 0 spiro atoms. The standard InChI is InChI=1S/C22H32N4O2/c1-2-25-22(27)26-13-5-8-20(24)21(26)15-28-18-11-9-16(10-12-18)19-7-4-3-6-17(19)14-23/h3-4,6-7,16,18,20-21H,2,5,8-13,15,24H2,1H3,(H,25,27)/t16?,18?,20-,21-/m0/s1. The van der Waals surface area contributed by atoms with Crippen LogP contribution in [0.5, 0.6) is 0 Å². The highest BCUT2D eigenvalue weighted by Crippen LogP contribution is 2.35. The fourth-order valence-corrected chi connectivity index (χ4v) is 4.54. The predicted octanol–water partition coefficient (Wildman–Crippen LogP) is 3.12. The average Bonchev–Trinajstić information content (AvgIpc) is 2.73. The van der Waals surface area contributed by atoms with Crippen LogP contribution in [-0.2, 0) is 4.74 Å². The first-order chi connectivity index (χ1) is 13.6. The van der Waals surface area contributed by atoms with Crippen molar-refractivity contribution in [1.82, 2.24) is 10.2 Å². The topological polar surface area (TPSA) is 91.4 Å². The smallest absolute Gasteiger partial charge is 0.317 e. The number of carbonyl (C=O) groups excluding carboxylic acids is 1. The van der Waals surface area contributed by atoms with Gasteiger partial charge in [0.05, 0.1) is 30.4 Å². The van der Waals surface area contributed by atoms with Crippen LogP contribution in [0, 0.1) is 11.3 Å². The molecule has 0 radical (unpaired) electrons. The molecule has 2 atom stereocenters. The maximum atomic E-state index is 12.3. The highest BCUT2D eigenvalue weighted by atomic mass is 16.5. The molecule has 28 heavy (non-hydrogen) atoms. The van der Waals surface area contributed by atoms with E-state index in [1.165, 1.54) is 5.56 Å². The number of nitrogens with two attached hydrogens (primary N) is 1. The Morgan fingerprint density at radius 1 is 1.29 bits per heavy atom. The molecule has 6 nitrogen and oxygen atoms in total. The molecule has 3 N–H and O–H groups in total. The minimum atomic E-state index is -0.0580. The fraction of sp³-hybridized carbons (Fsp3) is 0.636. The van der Waals surface area contributed by atoms with Crippen molar-refractivity contribution in [2.45, 2.75) is 69.6 Å². The van der Waals surface area contributed by atoms with Crippen molar-refractivity contribution < 1.29 is 9.53 Å². The molecule has 1 saturated heterocycles. The number of rotatable bonds is 5. The Balaban J connectivity index is 1.53. The molecule has 2 fully saturated rings. The van der Waals surface area contributed by atoms with Crippen molar-refractivity contribution >= 4 is 6.03 Å². The molecule has 1 aromatic rings. The molecule has 0 bridgehead atoms. The number of nitrogens with zero attached hydrogens (tertiary/aromatic N) is 2. The Kier molecular flexibility index (Phi) is 7.30. The first-order valence-electron chi connectivity index (χ1n) is 10.5. The van der Waals surface area contributed by atoms with Gasteiger partial charge in [-0.25, -0.2) is 4.79 Å². The van der Waals surface area contributed by atoms with Gasteiger partial charge in [0, 0.05) is 19.1 Å². The van der Waals surface area contributed by atoms with Gasteiger partial charge in [0.25, 0.3) is 0 Å². The minimum absolute atomic E-state index is 0.0322. The van der Waals surface area contributed by atoms with Crippen LogP contribution in [0.4, 0.5) is 4.79 Å². The third-order valence-corrected chi connectivity index (χ3v) is 6.12. The summed E-state index contributed by atoms with van der Waals surface area (Å²) in [6.07, 6.45) is 6.09. The summed E-state index contributed by atoms with van der Waals surface area (Å²) in [5.41, 5.74) is 8.27. The first-order valence-corrected chi connectivity index (χ1v) is 10.5. The molecule has 152 valence electrons. The maximum absolute atomic E-state index is 12.3. The molecule has 1 saturated carbocycles. The van der Waals surface area contributed by atoms with Gasteiger partial charge in [0.15, 0.2) is 0 Å². The van der Waals surface area contributed by atoms with Gasteiger partial charge >= 0.3 is 6.03 Å². The van der Waals surface area contributed by atoms with Crippen LogP contribution in [0.2, 0.25) is 0 Å². The van der Waals surface area contributed by atoms with Gasteiger partial charge in [0.1, 0.15) is 0 Å². The van der Waals surface area contributed by atoms with Crippen molar-refractivity contribution in [2.75, 3.05) is 19.7 Å². The predicted molar refractivity (Wildman–Crippen MR) is 109 cm³/mol. The molecular formula is C22H32N4O2. The number of nitrogens with one attached hydrogen (secondary N) is 1. The van der Waals surface area contributed by atoms with Gasteiger partial charge in [-0.05, 0) is 63.0 Å². The Hall–Kier alpha value is -2.10. The maximum Gasteiger partial charge on any atom is 0.317 e. The van der Waals surface area contributed by atoms with E-state index in [0.29, 0.717) is 19.1 Å². The van der Waals surface area contributed by atoms with E-state index in [0.717, 1.165) is 50.6 Å². The van der Waals surface area contributed by atoms with Crippen molar-refractivity contribution in [3.8, 4) is 6.07 Å². The fourth-order valence-electron chi connectivity index (χ4n) is 4.54. The molecule has 6 heteroatoms. The molecule has 1 aliphatic heterocycles. The first kappa shape index (κ1) is 20.6. The number of carbonyl (C=O) groups is 1. The minimum Gasteiger partial charge on any atom is -0.376 e. The second kappa shape index (κ2) is 9.90. The van der Waals surface area contributed by atoms with Crippen molar-refractivity contribution in [3.63, 3.8) is 0 Å². The summed E-state index contributed by atoms with van der Waals surface area (Å²) < 4.78 is 6.23. The van der Waals surface area contributed by atoms with Crippen molar-refractivity contribution in [3.05, 3.63) is 35.4 Å². The number of benzene rings is 1. The third kappa shape index (κ3) is 4.84. The lowest BCUT2D eigenvalue weighted by atomic mass is 9.81. The average molecular weight is 385 g/mol. The van der Waals surface area contributed by atoms with Gasteiger partial charge in [-0.15, -0.1) is 0 Å². The third-order valence-electron chi connectivity index (χ3n) is 6.12. The van der Waals surface area contributed by atoms with E-state index < -0.39 is 0 Å². The van der Waals surface area contributed by atoms with Crippen LogP contribution in [0.3, 0.4) is 0 Å². The largest absolute Gasteiger partial charge is 0.376 e. The second-order valence-electron chi connectivity index (χ2n) is 7.91. The Bertz CT molecular complexity index is 694. The number of urea groups is 1. The summed E-state index contributed by atoms with van der Waals surface area (Å²) in [4.78, 5) is 14.2. The zero-order valence-corrected chi connectivity index (χ0v) is 16.8. The van der Waals surface area contributed by atoms with Gasteiger partial charge < -0.3 is 20.7 Å². The number of nitriles is 1. The van der Waals surface area contributed by atoms with E-state index >= 15 is 0 Å². The van der Waals surface area contributed by atoms with Crippen LogP contribution < -0.4 is 11.1 Å². The number of amides is 2. The van der Waals surface area contributed by atoms with E-state index in [1.807, 2.05) is 30.0 Å². The van der Waals surface area contributed by atoms with E-state index in [1.54, 1.807) is 0 Å². The van der Waals surface area contributed by atoms with E-state index in [4.69, 9.17) is 10.5 Å². The lowest BCUT2D eigenvalue weighted by Crippen LogP contribution is -2.58. The molecule has 3 rings (SSSR count). The van der Waals surface area contributed by atoms with Crippen LogP contribution in [0.25, 0.3) is 0 Å². The second-order valence-corrected chi connectivity index (χ2v) is 7.91. The van der Waals surface area contributed by atoms with Gasteiger partial charge in [-0.2, -0.15) is 5.26 Å². The van der Waals surface area contributed by atoms with Gasteiger partial charge in [0.2, 0.25) is 0 Å². The summed E-state index contributed by atoms with van der Waals surface area (Å²) >= 11 is 0. The quantitative estimate of drug-likeness (QED) is 0.816. The number of piperidine rings is 1. The molecule has 0 aromatic heterocycles. The van der Waals surface area contributed by atoms with E-state index in [2.05, 4.69) is 17.5 Å². The summed E-state index contributed by atoms with van der Waals surface area (Å²) in [7, 11) is 0. The lowest BCUT2D eigenvalue weighted by Gasteiger charge is -2.40. The molecule has 1 aliphatic carbocycles. The summed E-state index contributed by atoms with van der Waals surface area (Å²) in [5.74, 6) is 0.430. The van der Waals surface area contributed by atoms with Gasteiger partial charge in [-0.3, -0.25) is 0 Å². The molecule has 0 unspecified atom stereocenters. The van der Waals surface area contributed by atoms with Crippen LogP contribution in [0.1, 0.15) is 62.5 Å². The summed E-state index contributed by atoms with van der Waals surface area (Å²) in [6, 6.07) is 10.1. The van der Waals surface area contributed by atoms with E-state index in [-0.39, 0.29) is 24.2 Å². The van der Waals surface area contributed by atoms with Crippen LogP contribution in [-0.4, -0.2) is 48.8 Å². The lowest BCUT2D eigenvalue weighted by molar-refractivity contribution is -0.0158. The Morgan fingerprint density at radius 3 is 2.75 bits per heavy atom. The molecule has 2 amide bonds. The zero-order valence-electron chi connectivity index (χ0n) is 16.8. The molecule has 1 aromatic carbocycles. The molecule has 1 heterocycles. The van der Waals surface area contributed by atoms with Crippen molar-refractivity contribution in [2.24, 2.45) is 5.73 Å². The highest BCUT2D eigenvalue weighted by Gasteiger charge is 2.33. The monoisotopic (exact) mass is 384 g/mol. The Morgan fingerprint density at radius 2 is 2.04 bits per heavy atom. The van der Waals surface area contributed by atoms with Crippen LogP contribution in [0.15, 0.2) is 24.3 Å². The molecule has 2 aliphatic rings. The summed E-state index contributed by atoms with van der Waals surface area (Å²) in [5, 5.41) is 12.2. The number of ether oxygens (including phenoxy) is 1. The zero-order chi connectivity index (χ0) is 19.9. The van der Waals surface area contributed by atoms with Gasteiger partial charge in [-0.1, -0.05) is 18.2 Å². The van der Waals surface area contributed by atoms with E-state index in [9.17, 15) is 10.1 Å². The van der Waals surface area contributed by atoms with Crippen LogP contribution >= 0.6 is 0 Å². The summed E-state index contributed by atoms with van der Waals surface area (Å²) in [6.45, 7) is 3.79. The molecular weight excluding hydrogens is 352 g/mol. The Labute approximate surface area is 168 Å². The number of hydrogen-bond acceptors (Lipinski definition) is 4. The SMILES string of the molecule is CCNC(=O)N1CCC[C@H](N)[C@@H]1COC1CCC(c2ccccc2C#N)CC1. The number of likely N-dealkylation sites (tertiary alicyclic amines) is 1.